The quantitative estimate of drug-likeness (QED) is 0.711. The fourth-order valence-electron chi connectivity index (χ4n) is 1.88. The van der Waals surface area contributed by atoms with Crippen LogP contribution in [0.4, 0.5) is 4.79 Å². The standard InChI is InChI=1S/C10H19N3OS/c1-4-9-7(3)8(5-6(2)15-9)12-13-10(11)14/h6-7,9H,4-5H2,1-3H3,(H3,11,13,14)/b12-8-/t6-,7-,9+/m0/s1. The molecular weight excluding hydrogens is 210 g/mol. The second-order valence-electron chi connectivity index (χ2n) is 3.97. The summed E-state index contributed by atoms with van der Waals surface area (Å²) in [6, 6.07) is -0.589. The highest BCUT2D eigenvalue weighted by molar-refractivity contribution is 8.00. The van der Waals surface area contributed by atoms with E-state index in [9.17, 15) is 4.79 Å². The van der Waals surface area contributed by atoms with Gasteiger partial charge in [-0.2, -0.15) is 16.9 Å². The van der Waals surface area contributed by atoms with Crippen molar-refractivity contribution in [1.29, 1.82) is 0 Å². The summed E-state index contributed by atoms with van der Waals surface area (Å²) in [5, 5.41) is 5.26. The minimum atomic E-state index is -0.589. The van der Waals surface area contributed by atoms with E-state index in [1.807, 2.05) is 11.8 Å². The molecule has 15 heavy (non-hydrogen) atoms. The van der Waals surface area contributed by atoms with E-state index in [0.717, 1.165) is 18.6 Å². The molecule has 3 atom stereocenters. The second kappa shape index (κ2) is 5.39. The van der Waals surface area contributed by atoms with Crippen LogP contribution in [-0.4, -0.2) is 22.2 Å². The molecule has 0 unspecified atom stereocenters. The summed E-state index contributed by atoms with van der Waals surface area (Å²) in [6.07, 6.45) is 2.06. The number of primary amides is 1. The van der Waals surface area contributed by atoms with Crippen LogP contribution in [0.15, 0.2) is 5.10 Å². The lowest BCUT2D eigenvalue weighted by Gasteiger charge is -2.32. The molecule has 2 amide bonds. The molecule has 0 aromatic rings. The normalized spacial score (nSPS) is 34.1. The first-order valence-electron chi connectivity index (χ1n) is 5.32. The van der Waals surface area contributed by atoms with E-state index >= 15 is 0 Å². The van der Waals surface area contributed by atoms with Gasteiger partial charge in [0.25, 0.3) is 0 Å². The van der Waals surface area contributed by atoms with Crippen LogP contribution in [0.3, 0.4) is 0 Å². The van der Waals surface area contributed by atoms with E-state index in [-0.39, 0.29) is 0 Å². The van der Waals surface area contributed by atoms with Gasteiger partial charge in [0.05, 0.1) is 0 Å². The number of hydrogen-bond donors (Lipinski definition) is 2. The molecule has 1 aliphatic rings. The molecule has 0 saturated carbocycles. The minimum absolute atomic E-state index is 0.419. The first-order chi connectivity index (χ1) is 7.04. The predicted molar refractivity (Wildman–Crippen MR) is 65.1 cm³/mol. The van der Waals surface area contributed by atoms with Gasteiger partial charge in [0, 0.05) is 22.1 Å². The third-order valence-electron chi connectivity index (χ3n) is 2.70. The second-order valence-corrected chi connectivity index (χ2v) is 5.65. The highest BCUT2D eigenvalue weighted by atomic mass is 32.2. The molecule has 4 nitrogen and oxygen atoms in total. The van der Waals surface area contributed by atoms with Gasteiger partial charge in [-0.15, -0.1) is 0 Å². The zero-order chi connectivity index (χ0) is 11.4. The highest BCUT2D eigenvalue weighted by Crippen LogP contribution is 2.35. The van der Waals surface area contributed by atoms with Gasteiger partial charge < -0.3 is 5.73 Å². The number of amides is 2. The Bertz CT molecular complexity index is 267. The molecule has 0 aliphatic carbocycles. The Kier molecular flexibility index (Phi) is 4.45. The molecule has 1 rings (SSSR count). The largest absolute Gasteiger partial charge is 0.350 e. The van der Waals surface area contributed by atoms with Crippen LogP contribution >= 0.6 is 11.8 Å². The lowest BCUT2D eigenvalue weighted by molar-refractivity contribution is 0.249. The molecule has 0 radical (unpaired) electrons. The molecule has 0 aromatic carbocycles. The summed E-state index contributed by atoms with van der Waals surface area (Å²) < 4.78 is 0. The molecule has 0 aromatic heterocycles. The lowest BCUT2D eigenvalue weighted by Crippen LogP contribution is -2.35. The summed E-state index contributed by atoms with van der Waals surface area (Å²) >= 11 is 2.01. The zero-order valence-corrected chi connectivity index (χ0v) is 10.3. The van der Waals surface area contributed by atoms with Crippen LogP contribution in [0.1, 0.15) is 33.6 Å². The van der Waals surface area contributed by atoms with Crippen LogP contribution in [0.2, 0.25) is 0 Å². The van der Waals surface area contributed by atoms with Crippen molar-refractivity contribution in [2.45, 2.75) is 44.1 Å². The van der Waals surface area contributed by atoms with Crippen LogP contribution < -0.4 is 11.2 Å². The first kappa shape index (κ1) is 12.4. The Labute approximate surface area is 95.1 Å². The molecule has 1 heterocycles. The highest BCUT2D eigenvalue weighted by Gasteiger charge is 2.29. The number of rotatable bonds is 2. The van der Waals surface area contributed by atoms with Crippen molar-refractivity contribution in [3.63, 3.8) is 0 Å². The maximum absolute atomic E-state index is 10.6. The topological polar surface area (TPSA) is 67.5 Å². The maximum Gasteiger partial charge on any atom is 0.332 e. The Morgan fingerprint density at radius 2 is 2.33 bits per heavy atom. The molecule has 3 N–H and O–H groups in total. The van der Waals surface area contributed by atoms with Crippen LogP contribution in [0, 0.1) is 5.92 Å². The molecule has 1 aliphatic heterocycles. The van der Waals surface area contributed by atoms with Crippen LogP contribution in [0.5, 0.6) is 0 Å². The Hall–Kier alpha value is -0.710. The number of hydrazone groups is 1. The molecule has 1 saturated heterocycles. The molecule has 1 fully saturated rings. The summed E-state index contributed by atoms with van der Waals surface area (Å²) in [5.74, 6) is 0.419. The molecule has 5 heteroatoms. The van der Waals surface area contributed by atoms with E-state index in [0.29, 0.717) is 16.4 Å². The monoisotopic (exact) mass is 229 g/mol. The Balaban J connectivity index is 2.69. The van der Waals surface area contributed by atoms with Gasteiger partial charge in [0.1, 0.15) is 0 Å². The number of carbonyl (C=O) groups excluding carboxylic acids is 1. The van der Waals surface area contributed by atoms with Gasteiger partial charge in [-0.05, 0) is 12.8 Å². The van der Waals surface area contributed by atoms with E-state index in [1.54, 1.807) is 0 Å². The van der Waals surface area contributed by atoms with Crippen molar-refractivity contribution in [1.82, 2.24) is 5.43 Å². The minimum Gasteiger partial charge on any atom is -0.350 e. The number of carbonyl (C=O) groups is 1. The van der Waals surface area contributed by atoms with Crippen LogP contribution in [0.25, 0.3) is 0 Å². The van der Waals surface area contributed by atoms with E-state index in [4.69, 9.17) is 5.73 Å². The van der Waals surface area contributed by atoms with E-state index in [2.05, 4.69) is 31.3 Å². The summed E-state index contributed by atoms with van der Waals surface area (Å²) in [7, 11) is 0. The summed E-state index contributed by atoms with van der Waals surface area (Å²) in [4.78, 5) is 10.6. The first-order valence-corrected chi connectivity index (χ1v) is 6.26. The number of nitrogens with two attached hydrogens (primary N) is 1. The van der Waals surface area contributed by atoms with E-state index < -0.39 is 6.03 Å². The number of nitrogens with one attached hydrogen (secondary N) is 1. The van der Waals surface area contributed by atoms with Gasteiger partial charge >= 0.3 is 6.03 Å². The fraction of sp³-hybridized carbons (Fsp3) is 0.800. The Morgan fingerprint density at radius 3 is 2.87 bits per heavy atom. The number of hydrogen-bond acceptors (Lipinski definition) is 3. The van der Waals surface area contributed by atoms with Gasteiger partial charge in [-0.1, -0.05) is 20.8 Å². The number of nitrogens with zero attached hydrogens (tertiary/aromatic N) is 1. The summed E-state index contributed by atoms with van der Waals surface area (Å²) in [5.41, 5.74) is 8.38. The van der Waals surface area contributed by atoms with Gasteiger partial charge in [-0.25, -0.2) is 10.2 Å². The number of urea groups is 1. The molecule has 0 spiro atoms. The molecule has 0 bridgehead atoms. The maximum atomic E-state index is 10.6. The predicted octanol–water partition coefficient (Wildman–Crippen LogP) is 1.95. The van der Waals surface area contributed by atoms with Crippen molar-refractivity contribution < 1.29 is 4.79 Å². The molecular formula is C10H19N3OS. The van der Waals surface area contributed by atoms with Crippen molar-refractivity contribution >= 4 is 23.5 Å². The zero-order valence-electron chi connectivity index (χ0n) is 9.49. The number of thioether (sulfide) groups is 1. The lowest BCUT2D eigenvalue weighted by atomic mass is 9.95. The van der Waals surface area contributed by atoms with Gasteiger partial charge in [0.2, 0.25) is 0 Å². The van der Waals surface area contributed by atoms with E-state index in [1.165, 1.54) is 0 Å². The SMILES string of the molecule is CC[C@H]1S[C@@H](C)C/C(=N/NC(N)=O)[C@@H]1C. The van der Waals surface area contributed by atoms with Crippen molar-refractivity contribution in [3.05, 3.63) is 0 Å². The van der Waals surface area contributed by atoms with Crippen molar-refractivity contribution in [2.24, 2.45) is 16.8 Å². The smallest absolute Gasteiger partial charge is 0.332 e. The fourth-order valence-corrected chi connectivity index (χ4v) is 3.33. The molecule has 86 valence electrons. The van der Waals surface area contributed by atoms with Crippen molar-refractivity contribution in [3.8, 4) is 0 Å². The third kappa shape index (κ3) is 3.41. The average Bonchev–Trinajstić information content (AvgIpc) is 2.18. The summed E-state index contributed by atoms with van der Waals surface area (Å²) in [6.45, 7) is 6.54. The average molecular weight is 229 g/mol. The van der Waals surface area contributed by atoms with Gasteiger partial charge in [-0.3, -0.25) is 0 Å². The van der Waals surface area contributed by atoms with Gasteiger partial charge in [0.15, 0.2) is 0 Å². The van der Waals surface area contributed by atoms with Crippen LogP contribution in [-0.2, 0) is 0 Å². The Morgan fingerprint density at radius 1 is 1.67 bits per heavy atom. The van der Waals surface area contributed by atoms with Crippen molar-refractivity contribution in [2.75, 3.05) is 0 Å². The third-order valence-corrected chi connectivity index (χ3v) is 4.42.